The molecule has 338 valence electrons. The Hall–Kier alpha value is -9.30. The lowest BCUT2D eigenvalue weighted by molar-refractivity contribution is 0.768. The largest absolute Gasteiger partial charge is 0.310 e. The van der Waals surface area contributed by atoms with Crippen LogP contribution in [0.15, 0.2) is 297 Å². The minimum Gasteiger partial charge on any atom is -0.310 e. The Labute approximate surface area is 422 Å². The minimum atomic E-state index is -0.538. The third-order valence-electron chi connectivity index (χ3n) is 14.7. The first kappa shape index (κ1) is 42.8. The van der Waals surface area contributed by atoms with Crippen molar-refractivity contribution in [2.45, 2.75) is 5.41 Å². The number of hydrogen-bond donors (Lipinski definition) is 0. The number of anilines is 3. The standard InChI is InChI=1S/C71H49N/c1-5-21-50(22-6-1)57-46-58(51-23-7-2-8-24-51)48-59(47-57)52-41-43-62(44-42-52)72(63-34-18-28-55(49-63)54-27-17-29-56(45-54)65-37-19-26-53-25-13-14-35-64(53)65)69-40-20-39-68-70(69)66-36-15-16-38-67(66)71(68,60-30-9-3-10-31-60)61-32-11-4-12-33-61/h1-49H. The van der Waals surface area contributed by atoms with Crippen LogP contribution in [-0.4, -0.2) is 0 Å². The average Bonchev–Trinajstić information content (AvgIpc) is 3.78. The molecule has 0 radical (unpaired) electrons. The molecule has 0 aromatic heterocycles. The summed E-state index contributed by atoms with van der Waals surface area (Å²) in [4.78, 5) is 2.49. The van der Waals surface area contributed by atoms with Crippen LogP contribution in [-0.2, 0) is 5.41 Å². The van der Waals surface area contributed by atoms with Gasteiger partial charge >= 0.3 is 0 Å². The third-order valence-corrected chi connectivity index (χ3v) is 14.7. The van der Waals surface area contributed by atoms with Gasteiger partial charge in [0.1, 0.15) is 0 Å². The van der Waals surface area contributed by atoms with Gasteiger partial charge in [0.2, 0.25) is 0 Å². The highest BCUT2D eigenvalue weighted by atomic mass is 15.1. The molecule has 0 spiro atoms. The van der Waals surface area contributed by atoms with Crippen LogP contribution in [0.2, 0.25) is 0 Å². The van der Waals surface area contributed by atoms with Crippen LogP contribution in [0, 0.1) is 0 Å². The molecule has 0 N–H and O–H groups in total. The first-order chi connectivity index (χ1) is 35.7. The van der Waals surface area contributed by atoms with E-state index in [2.05, 4.69) is 302 Å². The molecule has 72 heavy (non-hydrogen) atoms. The number of fused-ring (bicyclic) bond motifs is 4. The van der Waals surface area contributed by atoms with Crippen LogP contribution in [0.4, 0.5) is 17.1 Å². The van der Waals surface area contributed by atoms with Crippen LogP contribution in [0.1, 0.15) is 22.3 Å². The number of nitrogens with zero attached hydrogens (tertiary/aromatic N) is 1. The van der Waals surface area contributed by atoms with Crippen molar-refractivity contribution in [3.8, 4) is 66.8 Å². The molecular weight excluding hydrogens is 867 g/mol. The maximum Gasteiger partial charge on any atom is 0.0714 e. The first-order valence-electron chi connectivity index (χ1n) is 24.9. The predicted octanol–water partition coefficient (Wildman–Crippen LogP) is 19.0. The van der Waals surface area contributed by atoms with E-state index >= 15 is 0 Å². The van der Waals surface area contributed by atoms with E-state index in [1.807, 2.05) is 0 Å². The molecule has 0 fully saturated rings. The summed E-state index contributed by atoms with van der Waals surface area (Å²) in [6, 6.07) is 109. The predicted molar refractivity (Wildman–Crippen MR) is 303 cm³/mol. The molecule has 1 heteroatoms. The Morgan fingerprint density at radius 1 is 0.250 bits per heavy atom. The van der Waals surface area contributed by atoms with E-state index in [4.69, 9.17) is 0 Å². The normalized spacial score (nSPS) is 12.3. The smallest absolute Gasteiger partial charge is 0.0714 e. The first-order valence-corrected chi connectivity index (χ1v) is 24.9. The minimum absolute atomic E-state index is 0.538. The van der Waals surface area contributed by atoms with Crippen molar-refractivity contribution >= 4 is 27.8 Å². The van der Waals surface area contributed by atoms with Crippen molar-refractivity contribution < 1.29 is 0 Å². The topological polar surface area (TPSA) is 3.24 Å². The van der Waals surface area contributed by atoms with Crippen LogP contribution in [0.3, 0.4) is 0 Å². The van der Waals surface area contributed by atoms with Crippen LogP contribution >= 0.6 is 0 Å². The maximum atomic E-state index is 2.49. The Balaban J connectivity index is 1.00. The lowest BCUT2D eigenvalue weighted by atomic mass is 9.68. The molecule has 13 rings (SSSR count). The number of rotatable bonds is 10. The van der Waals surface area contributed by atoms with Crippen LogP contribution in [0.25, 0.3) is 77.5 Å². The highest BCUT2D eigenvalue weighted by Gasteiger charge is 2.47. The van der Waals surface area contributed by atoms with Gasteiger partial charge in [-0.25, -0.2) is 0 Å². The lowest BCUT2D eigenvalue weighted by Gasteiger charge is -2.34. The summed E-state index contributed by atoms with van der Waals surface area (Å²) in [5.41, 5.74) is 22.1. The van der Waals surface area contributed by atoms with E-state index in [1.165, 1.54) is 88.7 Å². The van der Waals surface area contributed by atoms with Gasteiger partial charge in [0.05, 0.1) is 11.1 Å². The Kier molecular flexibility index (Phi) is 10.8. The summed E-state index contributed by atoms with van der Waals surface area (Å²) in [5, 5.41) is 2.49. The fourth-order valence-corrected chi connectivity index (χ4v) is 11.4. The van der Waals surface area contributed by atoms with Crippen molar-refractivity contribution in [3.63, 3.8) is 0 Å². The van der Waals surface area contributed by atoms with Crippen molar-refractivity contribution in [1.82, 2.24) is 0 Å². The molecule has 1 aliphatic carbocycles. The van der Waals surface area contributed by atoms with Crippen LogP contribution < -0.4 is 4.90 Å². The van der Waals surface area contributed by atoms with E-state index in [0.717, 1.165) is 28.2 Å². The molecule has 0 saturated heterocycles. The average molecular weight is 916 g/mol. The Morgan fingerprint density at radius 2 is 0.694 bits per heavy atom. The Morgan fingerprint density at radius 3 is 1.36 bits per heavy atom. The third kappa shape index (κ3) is 7.42. The summed E-state index contributed by atoms with van der Waals surface area (Å²) in [5.74, 6) is 0. The van der Waals surface area contributed by atoms with Gasteiger partial charge in [-0.2, -0.15) is 0 Å². The second-order valence-electron chi connectivity index (χ2n) is 18.8. The second kappa shape index (κ2) is 18.2. The summed E-state index contributed by atoms with van der Waals surface area (Å²) in [7, 11) is 0. The highest BCUT2D eigenvalue weighted by Crippen LogP contribution is 2.59. The molecule has 0 amide bonds. The molecule has 12 aromatic carbocycles. The van der Waals surface area contributed by atoms with E-state index in [-0.39, 0.29) is 0 Å². The quantitative estimate of drug-likeness (QED) is 0.132. The lowest BCUT2D eigenvalue weighted by Crippen LogP contribution is -2.28. The molecule has 0 saturated carbocycles. The van der Waals surface area contributed by atoms with Gasteiger partial charge < -0.3 is 4.90 Å². The summed E-state index contributed by atoms with van der Waals surface area (Å²) in [6.45, 7) is 0. The zero-order chi connectivity index (χ0) is 47.8. The molecule has 0 atom stereocenters. The van der Waals surface area contributed by atoms with Gasteiger partial charge in [0.15, 0.2) is 0 Å². The van der Waals surface area contributed by atoms with Gasteiger partial charge in [-0.3, -0.25) is 0 Å². The monoisotopic (exact) mass is 915 g/mol. The van der Waals surface area contributed by atoms with Crippen molar-refractivity contribution in [1.29, 1.82) is 0 Å². The molecule has 0 heterocycles. The van der Waals surface area contributed by atoms with Crippen molar-refractivity contribution in [2.24, 2.45) is 0 Å². The van der Waals surface area contributed by atoms with E-state index < -0.39 is 5.41 Å². The van der Waals surface area contributed by atoms with E-state index in [0.29, 0.717) is 0 Å². The van der Waals surface area contributed by atoms with Crippen molar-refractivity contribution in [3.05, 3.63) is 320 Å². The fourth-order valence-electron chi connectivity index (χ4n) is 11.4. The second-order valence-corrected chi connectivity index (χ2v) is 18.8. The molecule has 1 aliphatic rings. The fraction of sp³-hybridized carbons (Fsp3) is 0.0141. The molecular formula is C71H49N. The summed E-state index contributed by atoms with van der Waals surface area (Å²) < 4.78 is 0. The van der Waals surface area contributed by atoms with Crippen molar-refractivity contribution in [2.75, 3.05) is 4.90 Å². The van der Waals surface area contributed by atoms with Gasteiger partial charge in [0.25, 0.3) is 0 Å². The van der Waals surface area contributed by atoms with E-state index in [1.54, 1.807) is 0 Å². The number of hydrogen-bond acceptors (Lipinski definition) is 1. The molecule has 0 unspecified atom stereocenters. The van der Waals surface area contributed by atoms with Crippen LogP contribution in [0.5, 0.6) is 0 Å². The van der Waals surface area contributed by atoms with Gasteiger partial charge in [-0.1, -0.05) is 243 Å². The Bertz CT molecular complexity index is 3790. The summed E-state index contributed by atoms with van der Waals surface area (Å²) in [6.07, 6.45) is 0. The summed E-state index contributed by atoms with van der Waals surface area (Å²) >= 11 is 0. The zero-order valence-corrected chi connectivity index (χ0v) is 39.7. The SMILES string of the molecule is c1ccc(-c2cc(-c3ccccc3)cc(-c3ccc(N(c4cccc(-c5cccc(-c6cccc7ccccc67)c5)c4)c4cccc5c4-c4ccccc4C5(c4ccccc4)c4ccccc4)cc3)c2)cc1. The van der Waals surface area contributed by atoms with Gasteiger partial charge in [0, 0.05) is 16.9 Å². The molecule has 0 aliphatic heterocycles. The zero-order valence-electron chi connectivity index (χ0n) is 39.7. The highest BCUT2D eigenvalue weighted by molar-refractivity contribution is 5.99. The maximum absolute atomic E-state index is 2.49. The number of benzene rings is 12. The van der Waals surface area contributed by atoms with Gasteiger partial charge in [-0.05, 0) is 149 Å². The molecule has 0 bridgehead atoms. The molecule has 1 nitrogen and oxygen atoms in total. The molecule has 12 aromatic rings. The van der Waals surface area contributed by atoms with Gasteiger partial charge in [-0.15, -0.1) is 0 Å². The van der Waals surface area contributed by atoms with E-state index in [9.17, 15) is 0 Å².